The number of carbonyl (C=O) groups is 1. The molecule has 2 aromatic carbocycles. The Bertz CT molecular complexity index is 1440. The van der Waals surface area contributed by atoms with Crippen LogP contribution < -0.4 is 16.2 Å². The molecule has 1 amide bonds. The van der Waals surface area contributed by atoms with Gasteiger partial charge in [-0.25, -0.2) is 13.4 Å². The summed E-state index contributed by atoms with van der Waals surface area (Å²) in [5.41, 5.74) is 1.45. The Morgan fingerprint density at radius 2 is 1.91 bits per heavy atom. The molecular weight excluding hydrogens is 448 g/mol. The Morgan fingerprint density at radius 3 is 2.66 bits per heavy atom. The van der Waals surface area contributed by atoms with Crippen LogP contribution in [0.3, 0.4) is 0 Å². The van der Waals surface area contributed by atoms with Crippen molar-refractivity contribution in [1.82, 2.24) is 15.3 Å². The van der Waals surface area contributed by atoms with Crippen LogP contribution >= 0.6 is 11.3 Å². The first kappa shape index (κ1) is 21.7. The maximum Gasteiger partial charge on any atom is 0.257 e. The first-order valence-corrected chi connectivity index (χ1v) is 12.3. The molecule has 32 heavy (non-hydrogen) atoms. The summed E-state index contributed by atoms with van der Waals surface area (Å²) in [6, 6.07) is 14.9. The van der Waals surface area contributed by atoms with Crippen LogP contribution in [-0.2, 0) is 9.84 Å². The third-order valence-corrected chi connectivity index (χ3v) is 7.06. The van der Waals surface area contributed by atoms with Crippen LogP contribution in [0.25, 0.3) is 22.2 Å². The number of amides is 1. The quantitative estimate of drug-likeness (QED) is 0.383. The summed E-state index contributed by atoms with van der Waals surface area (Å²) in [6.07, 6.45) is 0. The van der Waals surface area contributed by atoms with E-state index in [1.165, 1.54) is 23.5 Å². The van der Waals surface area contributed by atoms with Crippen LogP contribution in [0.15, 0.2) is 69.7 Å². The molecule has 8 nitrogen and oxygen atoms in total. The Morgan fingerprint density at radius 1 is 1.12 bits per heavy atom. The van der Waals surface area contributed by atoms with Crippen molar-refractivity contribution in [3.8, 4) is 11.3 Å². The van der Waals surface area contributed by atoms with Crippen molar-refractivity contribution < 1.29 is 13.2 Å². The molecule has 10 heteroatoms. The van der Waals surface area contributed by atoms with Crippen LogP contribution in [0.4, 0.5) is 5.13 Å². The van der Waals surface area contributed by atoms with Gasteiger partial charge in [-0.2, -0.15) is 0 Å². The van der Waals surface area contributed by atoms with Crippen molar-refractivity contribution in [2.24, 2.45) is 0 Å². The lowest BCUT2D eigenvalue weighted by molar-refractivity contribution is 0.0956. The van der Waals surface area contributed by atoms with E-state index in [1.807, 2.05) is 6.92 Å². The maximum absolute atomic E-state index is 12.6. The summed E-state index contributed by atoms with van der Waals surface area (Å²) in [5.74, 6) is -0.513. The normalized spacial score (nSPS) is 11.4. The zero-order chi connectivity index (χ0) is 22.7. The van der Waals surface area contributed by atoms with Gasteiger partial charge in [0.25, 0.3) is 11.5 Å². The van der Waals surface area contributed by atoms with Gasteiger partial charge in [0.1, 0.15) is 5.88 Å². The fraction of sp³-hybridized carbons (Fsp3) is 0.136. The molecule has 0 saturated heterocycles. The van der Waals surface area contributed by atoms with Gasteiger partial charge in [-0.05, 0) is 42.6 Å². The molecule has 0 spiro atoms. The number of hydrogen-bond acceptors (Lipinski definition) is 7. The van der Waals surface area contributed by atoms with E-state index in [1.54, 1.807) is 47.8 Å². The lowest BCUT2D eigenvalue weighted by atomic mass is 10.1. The minimum absolute atomic E-state index is 0.208. The molecule has 0 atom stereocenters. The number of pyridine rings is 1. The van der Waals surface area contributed by atoms with Crippen LogP contribution in [0, 0.1) is 0 Å². The van der Waals surface area contributed by atoms with E-state index in [9.17, 15) is 18.0 Å². The van der Waals surface area contributed by atoms with Crippen molar-refractivity contribution >= 4 is 43.1 Å². The van der Waals surface area contributed by atoms with Gasteiger partial charge in [0, 0.05) is 23.0 Å². The topological polar surface area (TPSA) is 121 Å². The number of anilines is 1. The number of rotatable bonds is 7. The smallest absolute Gasteiger partial charge is 0.257 e. The van der Waals surface area contributed by atoms with E-state index in [2.05, 4.69) is 20.6 Å². The number of thiazole rings is 1. The van der Waals surface area contributed by atoms with Gasteiger partial charge in [0.2, 0.25) is 0 Å². The highest BCUT2D eigenvalue weighted by Crippen LogP contribution is 2.25. The molecule has 0 unspecified atom stereocenters. The molecule has 3 N–H and O–H groups in total. The Balaban J connectivity index is 1.56. The summed E-state index contributed by atoms with van der Waals surface area (Å²) >= 11 is 1.21. The molecule has 0 aliphatic carbocycles. The molecule has 2 heterocycles. The number of H-pyrrole nitrogens is 1. The van der Waals surface area contributed by atoms with Crippen molar-refractivity contribution in [3.05, 3.63) is 75.9 Å². The number of benzene rings is 2. The molecule has 164 valence electrons. The van der Waals surface area contributed by atoms with E-state index >= 15 is 0 Å². The highest BCUT2D eigenvalue weighted by atomic mass is 32.2. The molecule has 0 radical (unpaired) electrons. The van der Waals surface area contributed by atoms with Gasteiger partial charge >= 0.3 is 0 Å². The molecular formula is C22H20N4O4S2. The lowest BCUT2D eigenvalue weighted by Crippen LogP contribution is -2.22. The fourth-order valence-corrected chi connectivity index (χ4v) is 5.01. The van der Waals surface area contributed by atoms with E-state index in [0.29, 0.717) is 34.0 Å². The summed E-state index contributed by atoms with van der Waals surface area (Å²) < 4.78 is 24.9. The van der Waals surface area contributed by atoms with E-state index in [0.717, 1.165) is 5.39 Å². The first-order valence-electron chi connectivity index (χ1n) is 9.80. The summed E-state index contributed by atoms with van der Waals surface area (Å²) in [4.78, 5) is 32.1. The molecule has 0 fully saturated rings. The van der Waals surface area contributed by atoms with Crippen LogP contribution in [0.1, 0.15) is 17.3 Å². The minimum Gasteiger partial charge on any atom is -0.352 e. The largest absolute Gasteiger partial charge is 0.352 e. The first-order chi connectivity index (χ1) is 15.4. The second kappa shape index (κ2) is 8.93. The third kappa shape index (κ3) is 4.56. The number of fused-ring (bicyclic) bond motifs is 1. The highest BCUT2D eigenvalue weighted by molar-refractivity contribution is 7.91. The number of sulfone groups is 1. The molecule has 0 saturated carbocycles. The zero-order valence-electron chi connectivity index (χ0n) is 17.1. The van der Waals surface area contributed by atoms with Crippen molar-refractivity contribution in [1.29, 1.82) is 0 Å². The molecule has 2 aromatic heterocycles. The molecule has 0 bridgehead atoms. The highest BCUT2D eigenvalue weighted by Gasteiger charge is 2.16. The van der Waals surface area contributed by atoms with Gasteiger partial charge in [-0.15, -0.1) is 11.3 Å². The number of hydrogen-bond donors (Lipinski definition) is 3. The summed E-state index contributed by atoms with van der Waals surface area (Å²) in [5, 5.41) is 8.39. The number of aromatic nitrogens is 2. The second-order valence-corrected chi connectivity index (χ2v) is 9.81. The number of carbonyl (C=O) groups excluding carboxylic acids is 1. The zero-order valence-corrected chi connectivity index (χ0v) is 18.7. The SMILES string of the molecule is CCNC(=O)c1ccc2cc(-c3csc(NCS(=O)(=O)c4ccccc4)n3)c(=O)[nH]c2c1. The maximum atomic E-state index is 12.6. The van der Waals surface area contributed by atoms with E-state index < -0.39 is 9.84 Å². The predicted octanol–water partition coefficient (Wildman–Crippen LogP) is 3.24. The summed E-state index contributed by atoms with van der Waals surface area (Å²) in [7, 11) is -3.51. The molecule has 0 aliphatic heterocycles. The second-order valence-electron chi connectivity index (χ2n) is 6.96. The van der Waals surface area contributed by atoms with E-state index in [4.69, 9.17) is 0 Å². The number of nitrogens with zero attached hydrogens (tertiary/aromatic N) is 1. The van der Waals surface area contributed by atoms with Gasteiger partial charge < -0.3 is 15.6 Å². The standard InChI is InChI=1S/C22H20N4O4S2/c1-2-23-20(27)15-9-8-14-10-17(21(28)25-18(14)11-15)19-12-31-22(26-19)24-13-32(29,30)16-6-4-3-5-7-16/h3-12H,2,13H2,1H3,(H,23,27)(H,24,26)(H,25,28). The van der Waals surface area contributed by atoms with Crippen LogP contribution in [0.2, 0.25) is 0 Å². The van der Waals surface area contributed by atoms with Gasteiger partial charge in [-0.3, -0.25) is 9.59 Å². The van der Waals surface area contributed by atoms with Crippen molar-refractivity contribution in [3.63, 3.8) is 0 Å². The Kier molecular flexibility index (Phi) is 6.06. The number of nitrogens with one attached hydrogen (secondary N) is 3. The Labute approximate surface area is 188 Å². The van der Waals surface area contributed by atoms with Crippen LogP contribution in [0.5, 0.6) is 0 Å². The molecule has 4 aromatic rings. The van der Waals surface area contributed by atoms with Crippen molar-refractivity contribution in [2.75, 3.05) is 17.7 Å². The minimum atomic E-state index is -3.51. The third-order valence-electron chi connectivity index (χ3n) is 4.74. The fourth-order valence-electron chi connectivity index (χ4n) is 3.14. The monoisotopic (exact) mass is 468 g/mol. The summed E-state index contributed by atoms with van der Waals surface area (Å²) in [6.45, 7) is 2.35. The predicted molar refractivity (Wildman–Crippen MR) is 126 cm³/mol. The number of aromatic amines is 1. The average molecular weight is 469 g/mol. The van der Waals surface area contributed by atoms with Crippen molar-refractivity contribution in [2.45, 2.75) is 11.8 Å². The average Bonchev–Trinajstić information content (AvgIpc) is 3.26. The van der Waals surface area contributed by atoms with Gasteiger partial charge in [0.15, 0.2) is 15.0 Å². The van der Waals surface area contributed by atoms with Gasteiger partial charge in [0.05, 0.1) is 16.2 Å². The lowest BCUT2D eigenvalue weighted by Gasteiger charge is -2.06. The van der Waals surface area contributed by atoms with Gasteiger partial charge in [-0.1, -0.05) is 24.3 Å². The molecule has 4 rings (SSSR count). The Hall–Kier alpha value is -3.50. The molecule has 0 aliphatic rings. The van der Waals surface area contributed by atoms with Crippen LogP contribution in [-0.4, -0.2) is 36.7 Å². The van der Waals surface area contributed by atoms with E-state index in [-0.39, 0.29) is 22.2 Å².